The molecule has 1 aliphatic rings. The van der Waals surface area contributed by atoms with Gasteiger partial charge in [-0.3, -0.25) is 14.5 Å². The van der Waals surface area contributed by atoms with Gasteiger partial charge >= 0.3 is 0 Å². The van der Waals surface area contributed by atoms with Gasteiger partial charge in [0.15, 0.2) is 0 Å². The van der Waals surface area contributed by atoms with Crippen LogP contribution in [0.4, 0.5) is 11.4 Å². The van der Waals surface area contributed by atoms with Crippen LogP contribution in [0.15, 0.2) is 67.0 Å². The lowest BCUT2D eigenvalue weighted by atomic mass is 10.1. The van der Waals surface area contributed by atoms with Gasteiger partial charge in [0, 0.05) is 29.6 Å². The van der Waals surface area contributed by atoms with Crippen molar-refractivity contribution in [2.45, 2.75) is 12.2 Å². The summed E-state index contributed by atoms with van der Waals surface area (Å²) in [5, 5.41) is 0.552. The first kappa shape index (κ1) is 19.4. The number of hydrogen-bond donors (Lipinski definition) is 1. The molecule has 0 saturated carbocycles. The number of nitrogens with zero attached hydrogens (tertiary/aromatic N) is 2. The number of rotatable bonds is 5. The van der Waals surface area contributed by atoms with E-state index in [1.807, 2.05) is 6.07 Å². The third kappa shape index (κ3) is 4.41. The number of anilines is 2. The maximum absolute atomic E-state index is 12.8. The second-order valence-electron chi connectivity index (χ2n) is 6.78. The van der Waals surface area contributed by atoms with Crippen LogP contribution in [-0.4, -0.2) is 25.9 Å². The fraction of sp³-hybridized carbons (Fsp3) is 0.143. The van der Waals surface area contributed by atoms with E-state index in [1.54, 1.807) is 59.6 Å². The highest BCUT2D eigenvalue weighted by atomic mass is 35.5. The second-order valence-corrected chi connectivity index (χ2v) is 8.94. The first-order valence-electron chi connectivity index (χ1n) is 9.01. The minimum absolute atomic E-state index is 0.155. The summed E-state index contributed by atoms with van der Waals surface area (Å²) in [6.45, 7) is 0.546. The van der Waals surface area contributed by atoms with Gasteiger partial charge < -0.3 is 4.90 Å². The summed E-state index contributed by atoms with van der Waals surface area (Å²) < 4.78 is 27.7. The lowest BCUT2D eigenvalue weighted by molar-refractivity contribution is 0.0989. The maximum atomic E-state index is 12.8. The number of fused-ring (bicyclic) bond motifs is 1. The molecule has 0 saturated heterocycles. The Hall–Kier alpha value is -2.90. The highest BCUT2D eigenvalue weighted by Crippen LogP contribution is 2.32. The lowest BCUT2D eigenvalue weighted by Gasteiger charge is -2.18. The summed E-state index contributed by atoms with van der Waals surface area (Å²) in [5.41, 5.74) is 3.27. The van der Waals surface area contributed by atoms with Gasteiger partial charge in [0.25, 0.3) is 5.91 Å². The monoisotopic (exact) mass is 427 g/mol. The van der Waals surface area contributed by atoms with Crippen LogP contribution in [0, 0.1) is 0 Å². The molecule has 1 aliphatic heterocycles. The maximum Gasteiger partial charge on any atom is 0.259 e. The topological polar surface area (TPSA) is 79.4 Å². The van der Waals surface area contributed by atoms with Crippen molar-refractivity contribution < 1.29 is 13.2 Å². The van der Waals surface area contributed by atoms with E-state index in [1.165, 1.54) is 6.20 Å². The molecule has 0 radical (unpaired) electrons. The number of hydrogen-bond acceptors (Lipinski definition) is 4. The SMILES string of the molecule is O=C(c1cccnc1)N1CCc2ccc(NS(=O)(=O)Cc3ccc(Cl)cc3)cc21. The van der Waals surface area contributed by atoms with Gasteiger partial charge in [-0.05, 0) is 53.9 Å². The van der Waals surface area contributed by atoms with Crippen molar-refractivity contribution in [2.75, 3.05) is 16.2 Å². The van der Waals surface area contributed by atoms with E-state index >= 15 is 0 Å². The number of halogens is 1. The number of pyridine rings is 1. The summed E-state index contributed by atoms with van der Waals surface area (Å²) >= 11 is 5.85. The first-order valence-corrected chi connectivity index (χ1v) is 11.0. The largest absolute Gasteiger partial charge is 0.308 e. The van der Waals surface area contributed by atoms with Gasteiger partial charge in [-0.15, -0.1) is 0 Å². The van der Waals surface area contributed by atoms with E-state index in [0.29, 0.717) is 34.1 Å². The Morgan fingerprint density at radius 1 is 1.14 bits per heavy atom. The van der Waals surface area contributed by atoms with Crippen LogP contribution in [-0.2, 0) is 22.2 Å². The van der Waals surface area contributed by atoms with Crippen molar-refractivity contribution in [1.82, 2.24) is 4.98 Å². The number of aromatic nitrogens is 1. The van der Waals surface area contributed by atoms with Crippen molar-refractivity contribution >= 4 is 38.9 Å². The van der Waals surface area contributed by atoms with Gasteiger partial charge in [0.2, 0.25) is 10.0 Å². The van der Waals surface area contributed by atoms with Crippen LogP contribution >= 0.6 is 11.6 Å². The Balaban J connectivity index is 1.55. The molecule has 29 heavy (non-hydrogen) atoms. The molecule has 2 aromatic carbocycles. The minimum atomic E-state index is -3.61. The minimum Gasteiger partial charge on any atom is -0.308 e. The summed E-state index contributed by atoms with van der Waals surface area (Å²) in [4.78, 5) is 18.5. The van der Waals surface area contributed by atoms with Crippen molar-refractivity contribution in [3.63, 3.8) is 0 Å². The molecule has 0 unspecified atom stereocenters. The second kappa shape index (κ2) is 7.85. The number of carbonyl (C=O) groups excluding carboxylic acids is 1. The predicted octanol–water partition coefficient (Wildman–Crippen LogP) is 3.88. The average molecular weight is 428 g/mol. The molecular weight excluding hydrogens is 410 g/mol. The molecule has 0 atom stereocenters. The molecule has 148 valence electrons. The first-order chi connectivity index (χ1) is 13.9. The normalized spacial score (nSPS) is 13.2. The number of amides is 1. The molecule has 1 aromatic heterocycles. The third-order valence-corrected chi connectivity index (χ3v) is 6.19. The molecule has 6 nitrogen and oxygen atoms in total. The van der Waals surface area contributed by atoms with E-state index in [4.69, 9.17) is 11.6 Å². The Bertz CT molecular complexity index is 1150. The van der Waals surface area contributed by atoms with Crippen molar-refractivity contribution in [1.29, 1.82) is 0 Å². The van der Waals surface area contributed by atoms with E-state index in [-0.39, 0.29) is 11.7 Å². The zero-order valence-electron chi connectivity index (χ0n) is 15.4. The Morgan fingerprint density at radius 2 is 1.93 bits per heavy atom. The molecule has 0 bridgehead atoms. The fourth-order valence-corrected chi connectivity index (χ4v) is 4.63. The van der Waals surface area contributed by atoms with Gasteiger partial charge in [0.1, 0.15) is 0 Å². The highest BCUT2D eigenvalue weighted by molar-refractivity contribution is 7.91. The predicted molar refractivity (Wildman–Crippen MR) is 114 cm³/mol. The van der Waals surface area contributed by atoms with E-state index in [0.717, 1.165) is 12.0 Å². The zero-order chi connectivity index (χ0) is 20.4. The van der Waals surface area contributed by atoms with Gasteiger partial charge in [-0.1, -0.05) is 29.8 Å². The third-order valence-electron chi connectivity index (χ3n) is 4.68. The number of nitrogens with one attached hydrogen (secondary N) is 1. The Kier molecular flexibility index (Phi) is 5.25. The molecule has 0 spiro atoms. The smallest absolute Gasteiger partial charge is 0.259 e. The van der Waals surface area contributed by atoms with Crippen LogP contribution in [0.1, 0.15) is 21.5 Å². The van der Waals surface area contributed by atoms with E-state index < -0.39 is 10.0 Å². The summed E-state index contributed by atoms with van der Waals surface area (Å²) in [6.07, 6.45) is 3.86. The average Bonchev–Trinajstić information content (AvgIpc) is 3.12. The lowest BCUT2D eigenvalue weighted by Crippen LogP contribution is -2.29. The molecule has 4 rings (SSSR count). The van der Waals surface area contributed by atoms with Crippen LogP contribution in [0.25, 0.3) is 0 Å². The number of carbonyl (C=O) groups is 1. The van der Waals surface area contributed by atoms with Gasteiger partial charge in [-0.2, -0.15) is 0 Å². The molecule has 8 heteroatoms. The van der Waals surface area contributed by atoms with E-state index in [2.05, 4.69) is 9.71 Å². The molecular formula is C21H18ClN3O3S. The van der Waals surface area contributed by atoms with Gasteiger partial charge in [-0.25, -0.2) is 8.42 Å². The quantitative estimate of drug-likeness (QED) is 0.670. The summed E-state index contributed by atoms with van der Waals surface area (Å²) in [6, 6.07) is 15.4. The summed E-state index contributed by atoms with van der Waals surface area (Å²) in [7, 11) is -3.61. The van der Waals surface area contributed by atoms with Crippen LogP contribution < -0.4 is 9.62 Å². The van der Waals surface area contributed by atoms with Crippen LogP contribution in [0.3, 0.4) is 0 Å². The highest BCUT2D eigenvalue weighted by Gasteiger charge is 2.26. The Morgan fingerprint density at radius 3 is 2.66 bits per heavy atom. The number of benzene rings is 2. The molecule has 0 aliphatic carbocycles. The van der Waals surface area contributed by atoms with E-state index in [9.17, 15) is 13.2 Å². The van der Waals surface area contributed by atoms with Crippen molar-refractivity contribution in [2.24, 2.45) is 0 Å². The molecule has 2 heterocycles. The van der Waals surface area contributed by atoms with Crippen molar-refractivity contribution in [3.8, 4) is 0 Å². The molecule has 1 N–H and O–H groups in total. The van der Waals surface area contributed by atoms with Crippen LogP contribution in [0.2, 0.25) is 5.02 Å². The standard InChI is InChI=1S/C21H18ClN3O3S/c22-18-6-3-15(4-7-18)14-29(27,28)24-19-8-5-16-9-11-25(20(16)12-19)21(26)17-2-1-10-23-13-17/h1-8,10,12-13,24H,9,11,14H2. The summed E-state index contributed by atoms with van der Waals surface area (Å²) in [5.74, 6) is -0.322. The number of sulfonamides is 1. The Labute approximate surface area is 174 Å². The molecule has 3 aromatic rings. The zero-order valence-corrected chi connectivity index (χ0v) is 16.9. The van der Waals surface area contributed by atoms with Crippen LogP contribution in [0.5, 0.6) is 0 Å². The van der Waals surface area contributed by atoms with Crippen molar-refractivity contribution in [3.05, 3.63) is 88.7 Å². The molecule has 1 amide bonds. The molecule has 0 fully saturated rings. The van der Waals surface area contributed by atoms with Gasteiger partial charge in [0.05, 0.1) is 17.0 Å². The fourth-order valence-electron chi connectivity index (χ4n) is 3.31.